The van der Waals surface area contributed by atoms with Crippen molar-refractivity contribution < 1.29 is 18.8 Å². The lowest BCUT2D eigenvalue weighted by atomic mass is 10.1. The lowest BCUT2D eigenvalue weighted by Crippen LogP contribution is -2.49. The Kier molecular flexibility index (Phi) is 7.03. The lowest BCUT2D eigenvalue weighted by Gasteiger charge is -2.37. The van der Waals surface area contributed by atoms with Gasteiger partial charge in [-0.15, -0.1) is 0 Å². The summed E-state index contributed by atoms with van der Waals surface area (Å²) in [4.78, 5) is 40.2. The summed E-state index contributed by atoms with van der Waals surface area (Å²) in [5.74, 6) is 3.87. The van der Waals surface area contributed by atoms with Crippen molar-refractivity contribution in [3.63, 3.8) is 0 Å². The molecule has 0 bridgehead atoms. The van der Waals surface area contributed by atoms with Gasteiger partial charge in [0.05, 0.1) is 16.9 Å². The van der Waals surface area contributed by atoms with Crippen LogP contribution in [0.3, 0.4) is 0 Å². The molecule has 1 fully saturated rings. The number of urea groups is 1. The fraction of sp³-hybridized carbons (Fsp3) is 0.286. The zero-order valence-corrected chi connectivity index (χ0v) is 17.2. The van der Waals surface area contributed by atoms with Crippen LogP contribution in [0.2, 0.25) is 0 Å². The van der Waals surface area contributed by atoms with Crippen molar-refractivity contribution in [2.24, 2.45) is 5.84 Å². The molecule has 1 aliphatic rings. The smallest absolute Gasteiger partial charge is 0.319 e. The molecule has 0 unspecified atom stereocenters. The zero-order valence-electron chi connectivity index (χ0n) is 17.2. The minimum absolute atomic E-state index is 0.0381. The van der Waals surface area contributed by atoms with Gasteiger partial charge in [0.1, 0.15) is 5.82 Å². The molecule has 0 saturated carbocycles. The number of nitrogens with one attached hydrogen (secondary N) is 3. The third-order valence-corrected chi connectivity index (χ3v) is 4.99. The summed E-state index contributed by atoms with van der Waals surface area (Å²) in [5, 5.41) is 5.44. The van der Waals surface area contributed by atoms with Crippen LogP contribution in [0.5, 0.6) is 0 Å². The van der Waals surface area contributed by atoms with E-state index in [-0.39, 0.29) is 17.5 Å². The fourth-order valence-electron chi connectivity index (χ4n) is 3.41. The number of hydrogen-bond acceptors (Lipinski definition) is 5. The molecule has 5 N–H and O–H groups in total. The predicted octanol–water partition coefficient (Wildman–Crippen LogP) is 1.53. The van der Waals surface area contributed by atoms with E-state index in [4.69, 9.17) is 5.84 Å². The number of benzene rings is 2. The number of carbonyl (C=O) groups excluding carboxylic acids is 3. The largest absolute Gasteiger partial charge is 0.366 e. The summed E-state index contributed by atoms with van der Waals surface area (Å²) in [7, 11) is 0. The second-order valence-electron chi connectivity index (χ2n) is 6.95. The molecule has 1 saturated heterocycles. The van der Waals surface area contributed by atoms with Gasteiger partial charge in [-0.2, -0.15) is 0 Å². The minimum Gasteiger partial charge on any atom is -0.366 e. The number of piperazine rings is 1. The van der Waals surface area contributed by atoms with Crippen LogP contribution >= 0.6 is 0 Å². The average Bonchev–Trinajstić information content (AvgIpc) is 2.79. The van der Waals surface area contributed by atoms with Crippen LogP contribution in [0.25, 0.3) is 0 Å². The maximum absolute atomic E-state index is 14.0. The van der Waals surface area contributed by atoms with E-state index in [1.165, 1.54) is 18.2 Å². The Bertz CT molecular complexity index is 975. The second-order valence-corrected chi connectivity index (χ2v) is 6.95. The average molecular weight is 428 g/mol. The standard InChI is InChI=1S/C21H25FN6O3/c1-2-24-21(31)25-17-8-7-14(19(29)26-23)13-18(17)27-9-11-28(12-10-27)20(30)15-5-3-4-6-16(15)22/h3-8,13H,2,9-12,23H2,1H3,(H,26,29)(H2,24,25,31). The molecule has 3 rings (SSSR count). The molecular weight excluding hydrogens is 403 g/mol. The van der Waals surface area contributed by atoms with Crippen molar-refractivity contribution >= 4 is 29.2 Å². The first-order valence-electron chi connectivity index (χ1n) is 9.93. The molecule has 164 valence electrons. The molecule has 0 radical (unpaired) electrons. The van der Waals surface area contributed by atoms with E-state index in [2.05, 4.69) is 16.1 Å². The van der Waals surface area contributed by atoms with E-state index >= 15 is 0 Å². The van der Waals surface area contributed by atoms with E-state index in [1.54, 1.807) is 36.1 Å². The van der Waals surface area contributed by atoms with Crippen LogP contribution < -0.4 is 26.8 Å². The van der Waals surface area contributed by atoms with Gasteiger partial charge in [0.2, 0.25) is 0 Å². The third-order valence-electron chi connectivity index (χ3n) is 4.99. The predicted molar refractivity (Wildman–Crippen MR) is 115 cm³/mol. The number of amides is 4. The van der Waals surface area contributed by atoms with E-state index in [0.717, 1.165) is 0 Å². The summed E-state index contributed by atoms with van der Waals surface area (Å²) in [6.07, 6.45) is 0. The highest BCUT2D eigenvalue weighted by Crippen LogP contribution is 2.29. The first-order chi connectivity index (χ1) is 14.9. The Morgan fingerprint density at radius 3 is 2.42 bits per heavy atom. The van der Waals surface area contributed by atoms with Crippen LogP contribution in [0.15, 0.2) is 42.5 Å². The van der Waals surface area contributed by atoms with Gasteiger partial charge in [0, 0.05) is 38.3 Å². The Hall–Kier alpha value is -3.66. The number of hydrogen-bond donors (Lipinski definition) is 4. The normalized spacial score (nSPS) is 13.5. The van der Waals surface area contributed by atoms with Gasteiger partial charge < -0.3 is 20.4 Å². The van der Waals surface area contributed by atoms with Crippen molar-refractivity contribution in [2.75, 3.05) is 42.9 Å². The summed E-state index contributed by atoms with van der Waals surface area (Å²) in [6.45, 7) is 3.88. The van der Waals surface area contributed by atoms with Crippen molar-refractivity contribution in [3.05, 3.63) is 59.4 Å². The monoisotopic (exact) mass is 428 g/mol. The molecule has 4 amide bonds. The summed E-state index contributed by atoms with van der Waals surface area (Å²) < 4.78 is 14.0. The highest BCUT2D eigenvalue weighted by atomic mass is 19.1. The molecular formula is C21H25FN6O3. The molecule has 1 aliphatic heterocycles. The molecule has 10 heteroatoms. The van der Waals surface area contributed by atoms with Gasteiger partial charge in [0.15, 0.2) is 0 Å². The number of hydrazine groups is 1. The molecule has 31 heavy (non-hydrogen) atoms. The number of carbonyl (C=O) groups is 3. The maximum Gasteiger partial charge on any atom is 0.319 e. The number of rotatable bonds is 5. The van der Waals surface area contributed by atoms with E-state index in [1.807, 2.05) is 4.90 Å². The highest BCUT2D eigenvalue weighted by Gasteiger charge is 2.26. The molecule has 0 atom stereocenters. The summed E-state index contributed by atoms with van der Waals surface area (Å²) in [5.41, 5.74) is 3.62. The molecule has 2 aromatic rings. The Morgan fingerprint density at radius 2 is 1.77 bits per heavy atom. The SMILES string of the molecule is CCNC(=O)Nc1ccc(C(=O)NN)cc1N1CCN(C(=O)c2ccccc2F)CC1. The van der Waals surface area contributed by atoms with Gasteiger partial charge in [-0.25, -0.2) is 15.0 Å². The van der Waals surface area contributed by atoms with Crippen molar-refractivity contribution in [2.45, 2.75) is 6.92 Å². The Balaban J connectivity index is 1.78. The van der Waals surface area contributed by atoms with E-state index in [0.29, 0.717) is 49.7 Å². The Labute approximate surface area is 179 Å². The molecule has 0 aliphatic carbocycles. The van der Waals surface area contributed by atoms with Crippen molar-refractivity contribution in [1.82, 2.24) is 15.6 Å². The van der Waals surface area contributed by atoms with Gasteiger partial charge in [0.25, 0.3) is 11.8 Å². The van der Waals surface area contributed by atoms with Gasteiger partial charge in [-0.05, 0) is 37.3 Å². The molecule has 0 spiro atoms. The number of nitrogens with two attached hydrogens (primary N) is 1. The van der Waals surface area contributed by atoms with Crippen LogP contribution in [-0.2, 0) is 0 Å². The topological polar surface area (TPSA) is 120 Å². The van der Waals surface area contributed by atoms with Crippen molar-refractivity contribution in [1.29, 1.82) is 0 Å². The van der Waals surface area contributed by atoms with Crippen LogP contribution in [0.1, 0.15) is 27.6 Å². The second kappa shape index (κ2) is 9.90. The van der Waals surface area contributed by atoms with Crippen molar-refractivity contribution in [3.8, 4) is 0 Å². The van der Waals surface area contributed by atoms with Gasteiger partial charge in [-0.3, -0.25) is 15.0 Å². The maximum atomic E-state index is 14.0. The first-order valence-corrected chi connectivity index (χ1v) is 9.93. The Morgan fingerprint density at radius 1 is 1.06 bits per heavy atom. The van der Waals surface area contributed by atoms with Gasteiger partial charge >= 0.3 is 6.03 Å². The van der Waals surface area contributed by atoms with Crippen LogP contribution in [0.4, 0.5) is 20.6 Å². The van der Waals surface area contributed by atoms with Gasteiger partial charge in [-0.1, -0.05) is 12.1 Å². The number of nitrogens with zero attached hydrogens (tertiary/aromatic N) is 2. The van der Waals surface area contributed by atoms with E-state index in [9.17, 15) is 18.8 Å². The number of nitrogen functional groups attached to an aromatic ring is 1. The third kappa shape index (κ3) is 5.10. The molecule has 0 aromatic heterocycles. The van der Waals surface area contributed by atoms with E-state index < -0.39 is 11.7 Å². The number of anilines is 2. The molecule has 1 heterocycles. The fourth-order valence-corrected chi connectivity index (χ4v) is 3.41. The summed E-state index contributed by atoms with van der Waals surface area (Å²) in [6, 6.07) is 10.4. The first kappa shape index (κ1) is 22.0. The van der Waals surface area contributed by atoms with Crippen LogP contribution in [-0.4, -0.2) is 55.5 Å². The quantitative estimate of drug-likeness (QED) is 0.327. The number of halogens is 1. The summed E-state index contributed by atoms with van der Waals surface area (Å²) >= 11 is 0. The van der Waals surface area contributed by atoms with Crippen LogP contribution in [0, 0.1) is 5.82 Å². The molecule has 2 aromatic carbocycles. The lowest BCUT2D eigenvalue weighted by molar-refractivity contribution is 0.0742. The zero-order chi connectivity index (χ0) is 22.4. The molecule has 9 nitrogen and oxygen atoms in total. The highest BCUT2D eigenvalue weighted by molar-refractivity contribution is 5.99. The minimum atomic E-state index is -0.552.